The molecule has 3 rings (SSSR count). The van der Waals surface area contributed by atoms with Crippen LogP contribution in [0.25, 0.3) is 0 Å². The fraction of sp³-hybridized carbons (Fsp3) is 0.571. The molecule has 1 saturated heterocycles. The van der Waals surface area contributed by atoms with Crippen LogP contribution in [0.1, 0.15) is 24.0 Å². The minimum Gasteiger partial charge on any atom is -0.493 e. The zero-order valence-corrected chi connectivity index (χ0v) is 10.1. The zero-order chi connectivity index (χ0) is 11.7. The number of likely N-dealkylation sites (tertiary alicyclic amines) is 1. The van der Waals surface area contributed by atoms with Crippen molar-refractivity contribution in [3.8, 4) is 5.75 Å². The Morgan fingerprint density at radius 3 is 2.94 bits per heavy atom. The number of aliphatic hydroxyl groups is 1. The van der Waals surface area contributed by atoms with Gasteiger partial charge in [0.05, 0.1) is 12.7 Å². The number of aliphatic hydroxyl groups excluding tert-OH is 1. The Balaban J connectivity index is 1.65. The van der Waals surface area contributed by atoms with Crippen molar-refractivity contribution in [3.05, 3.63) is 29.3 Å². The lowest BCUT2D eigenvalue weighted by Gasteiger charge is -2.29. The molecule has 2 aliphatic rings. The van der Waals surface area contributed by atoms with Gasteiger partial charge in [0.1, 0.15) is 5.75 Å². The Kier molecular flexibility index (Phi) is 3.04. The van der Waals surface area contributed by atoms with Crippen molar-refractivity contribution in [2.24, 2.45) is 0 Å². The average molecular weight is 233 g/mol. The molecular formula is C14H19NO2. The van der Waals surface area contributed by atoms with Gasteiger partial charge < -0.3 is 9.84 Å². The maximum Gasteiger partial charge on any atom is 0.122 e. The summed E-state index contributed by atoms with van der Waals surface area (Å²) in [7, 11) is 0. The third kappa shape index (κ3) is 2.45. The van der Waals surface area contributed by atoms with Gasteiger partial charge in [0.25, 0.3) is 0 Å². The van der Waals surface area contributed by atoms with E-state index in [2.05, 4.69) is 23.1 Å². The van der Waals surface area contributed by atoms with Crippen molar-refractivity contribution in [3.63, 3.8) is 0 Å². The molecule has 92 valence electrons. The van der Waals surface area contributed by atoms with Gasteiger partial charge in [-0.3, -0.25) is 4.90 Å². The van der Waals surface area contributed by atoms with Crippen LogP contribution in [0, 0.1) is 0 Å². The summed E-state index contributed by atoms with van der Waals surface area (Å²) in [6.45, 7) is 3.85. The molecule has 0 unspecified atom stereocenters. The molecule has 1 aromatic rings. The second-order valence-corrected chi connectivity index (χ2v) is 5.05. The molecule has 3 nitrogen and oxygen atoms in total. The van der Waals surface area contributed by atoms with Crippen LogP contribution in [0.5, 0.6) is 5.75 Å². The summed E-state index contributed by atoms with van der Waals surface area (Å²) in [5.41, 5.74) is 2.71. The normalized spacial score (nSPS) is 21.2. The summed E-state index contributed by atoms with van der Waals surface area (Å²) in [6, 6.07) is 6.53. The van der Waals surface area contributed by atoms with Crippen molar-refractivity contribution in [1.29, 1.82) is 0 Å². The molecule has 0 spiro atoms. The van der Waals surface area contributed by atoms with E-state index in [1.807, 2.05) is 0 Å². The summed E-state index contributed by atoms with van der Waals surface area (Å²) in [4.78, 5) is 2.42. The van der Waals surface area contributed by atoms with Gasteiger partial charge in [-0.25, -0.2) is 0 Å². The summed E-state index contributed by atoms with van der Waals surface area (Å²) in [5.74, 6) is 1.06. The van der Waals surface area contributed by atoms with Crippen LogP contribution >= 0.6 is 0 Å². The first-order valence-corrected chi connectivity index (χ1v) is 6.46. The molecular weight excluding hydrogens is 214 g/mol. The van der Waals surface area contributed by atoms with Crippen LogP contribution in [-0.4, -0.2) is 35.8 Å². The SMILES string of the molecule is OC1CCN(Cc2ccc3c(c2)CCO3)CC1. The van der Waals surface area contributed by atoms with Crippen LogP contribution in [0.3, 0.4) is 0 Å². The van der Waals surface area contributed by atoms with Crippen molar-refractivity contribution in [2.45, 2.75) is 31.9 Å². The summed E-state index contributed by atoms with van der Waals surface area (Å²) >= 11 is 0. The number of hydrogen-bond donors (Lipinski definition) is 1. The second-order valence-electron chi connectivity index (χ2n) is 5.05. The maximum absolute atomic E-state index is 9.48. The third-order valence-corrected chi connectivity index (χ3v) is 3.72. The molecule has 0 saturated carbocycles. The molecule has 1 N–H and O–H groups in total. The predicted molar refractivity (Wildman–Crippen MR) is 66.2 cm³/mol. The minimum atomic E-state index is -0.0836. The molecule has 1 aromatic carbocycles. The van der Waals surface area contributed by atoms with E-state index >= 15 is 0 Å². The van der Waals surface area contributed by atoms with Gasteiger partial charge >= 0.3 is 0 Å². The molecule has 0 aromatic heterocycles. The summed E-state index contributed by atoms with van der Waals surface area (Å²) in [6.07, 6.45) is 2.78. The van der Waals surface area contributed by atoms with Crippen LogP contribution < -0.4 is 4.74 Å². The number of piperidine rings is 1. The van der Waals surface area contributed by atoms with E-state index in [0.29, 0.717) is 0 Å². The fourth-order valence-corrected chi connectivity index (χ4v) is 2.67. The predicted octanol–water partition coefficient (Wildman–Crippen LogP) is 1.58. The van der Waals surface area contributed by atoms with E-state index in [1.54, 1.807) is 0 Å². The number of fused-ring (bicyclic) bond motifs is 1. The number of nitrogens with zero attached hydrogens (tertiary/aromatic N) is 1. The monoisotopic (exact) mass is 233 g/mol. The lowest BCUT2D eigenvalue weighted by molar-refractivity contribution is 0.0792. The summed E-state index contributed by atoms with van der Waals surface area (Å²) < 4.78 is 5.51. The second kappa shape index (κ2) is 4.67. The van der Waals surface area contributed by atoms with E-state index in [0.717, 1.165) is 51.3 Å². The zero-order valence-electron chi connectivity index (χ0n) is 10.1. The molecule has 0 aliphatic carbocycles. The van der Waals surface area contributed by atoms with Gasteiger partial charge in [-0.05, 0) is 30.0 Å². The van der Waals surface area contributed by atoms with Crippen molar-refractivity contribution >= 4 is 0 Å². The van der Waals surface area contributed by atoms with Crippen molar-refractivity contribution in [1.82, 2.24) is 4.90 Å². The Morgan fingerprint density at radius 1 is 1.29 bits per heavy atom. The highest BCUT2D eigenvalue weighted by molar-refractivity contribution is 5.39. The summed E-state index contributed by atoms with van der Waals surface area (Å²) in [5, 5.41) is 9.48. The highest BCUT2D eigenvalue weighted by Gasteiger charge is 2.18. The molecule has 3 heteroatoms. The van der Waals surface area contributed by atoms with E-state index in [9.17, 15) is 5.11 Å². The van der Waals surface area contributed by atoms with Gasteiger partial charge in [-0.15, -0.1) is 0 Å². The van der Waals surface area contributed by atoms with E-state index in [1.165, 1.54) is 11.1 Å². The quantitative estimate of drug-likeness (QED) is 0.841. The van der Waals surface area contributed by atoms with Gasteiger partial charge in [-0.2, -0.15) is 0 Å². The molecule has 0 amide bonds. The molecule has 2 heterocycles. The highest BCUT2D eigenvalue weighted by atomic mass is 16.5. The van der Waals surface area contributed by atoms with Crippen LogP contribution in [-0.2, 0) is 13.0 Å². The van der Waals surface area contributed by atoms with Gasteiger partial charge in [0.15, 0.2) is 0 Å². The topological polar surface area (TPSA) is 32.7 Å². The minimum absolute atomic E-state index is 0.0836. The van der Waals surface area contributed by atoms with Gasteiger partial charge in [0, 0.05) is 26.1 Å². The molecule has 0 atom stereocenters. The maximum atomic E-state index is 9.48. The van der Waals surface area contributed by atoms with Crippen molar-refractivity contribution in [2.75, 3.05) is 19.7 Å². The highest BCUT2D eigenvalue weighted by Crippen LogP contribution is 2.26. The Morgan fingerprint density at radius 2 is 2.12 bits per heavy atom. The molecule has 0 bridgehead atoms. The first-order chi connectivity index (χ1) is 8.31. The molecule has 17 heavy (non-hydrogen) atoms. The fourth-order valence-electron chi connectivity index (χ4n) is 2.67. The number of ether oxygens (including phenoxy) is 1. The largest absolute Gasteiger partial charge is 0.493 e. The van der Waals surface area contributed by atoms with E-state index in [4.69, 9.17) is 4.74 Å². The third-order valence-electron chi connectivity index (χ3n) is 3.72. The Hall–Kier alpha value is -1.06. The Bertz CT molecular complexity index is 397. The van der Waals surface area contributed by atoms with Gasteiger partial charge in [-0.1, -0.05) is 12.1 Å². The number of benzene rings is 1. The smallest absolute Gasteiger partial charge is 0.122 e. The van der Waals surface area contributed by atoms with E-state index < -0.39 is 0 Å². The lowest BCUT2D eigenvalue weighted by Crippen LogP contribution is -2.35. The van der Waals surface area contributed by atoms with Crippen LogP contribution in [0.15, 0.2) is 18.2 Å². The molecule has 2 aliphatic heterocycles. The number of hydrogen-bond acceptors (Lipinski definition) is 3. The molecule has 0 radical (unpaired) electrons. The lowest BCUT2D eigenvalue weighted by atomic mass is 10.1. The standard InChI is InChI=1S/C14H19NO2/c16-13-3-6-15(7-4-13)10-11-1-2-14-12(9-11)5-8-17-14/h1-2,9,13,16H,3-8,10H2. The first-order valence-electron chi connectivity index (χ1n) is 6.46. The van der Waals surface area contributed by atoms with E-state index in [-0.39, 0.29) is 6.10 Å². The number of rotatable bonds is 2. The van der Waals surface area contributed by atoms with Crippen LogP contribution in [0.2, 0.25) is 0 Å². The van der Waals surface area contributed by atoms with Crippen molar-refractivity contribution < 1.29 is 9.84 Å². The molecule has 1 fully saturated rings. The van der Waals surface area contributed by atoms with Crippen LogP contribution in [0.4, 0.5) is 0 Å². The average Bonchev–Trinajstić information content (AvgIpc) is 2.79. The first kappa shape index (κ1) is 11.1. The Labute approximate surface area is 102 Å². The van der Waals surface area contributed by atoms with Gasteiger partial charge in [0.2, 0.25) is 0 Å².